The van der Waals surface area contributed by atoms with Crippen LogP contribution in [0.25, 0.3) is 11.1 Å². The number of aromatic nitrogens is 2. The van der Waals surface area contributed by atoms with Crippen molar-refractivity contribution in [2.24, 2.45) is 5.92 Å². The van der Waals surface area contributed by atoms with Gasteiger partial charge in [-0.05, 0) is 44.0 Å². The third-order valence-electron chi connectivity index (χ3n) is 4.91. The molecule has 0 radical (unpaired) electrons. The number of ether oxygens (including phenoxy) is 1. The Balaban J connectivity index is 1.61. The second-order valence-electron chi connectivity index (χ2n) is 7.11. The number of hydrogen-bond acceptors (Lipinski definition) is 6. The third-order valence-corrected chi connectivity index (χ3v) is 4.91. The highest BCUT2D eigenvalue weighted by Crippen LogP contribution is 2.35. The van der Waals surface area contributed by atoms with Gasteiger partial charge in [0.2, 0.25) is 5.95 Å². The summed E-state index contributed by atoms with van der Waals surface area (Å²) in [5.41, 5.74) is 3.25. The van der Waals surface area contributed by atoms with Gasteiger partial charge in [-0.3, -0.25) is 4.79 Å². The quantitative estimate of drug-likeness (QED) is 0.407. The highest BCUT2D eigenvalue weighted by Gasteiger charge is 2.28. The maximum atomic E-state index is 14.3. The number of nitrogens with zero attached hydrogens (tertiary/aromatic N) is 2. The molecule has 1 aliphatic rings. The van der Waals surface area contributed by atoms with Crippen LogP contribution in [0, 0.1) is 17.1 Å². The molecule has 30 heavy (non-hydrogen) atoms. The Morgan fingerprint density at radius 1 is 1.23 bits per heavy atom. The molecule has 0 atom stereocenters. The minimum absolute atomic E-state index is 0.261. The van der Waals surface area contributed by atoms with Crippen molar-refractivity contribution in [3.63, 3.8) is 0 Å². The number of halogens is 1. The van der Waals surface area contributed by atoms with E-state index in [4.69, 9.17) is 10.1 Å². The molecule has 0 aliphatic heterocycles. The average Bonchev–Trinajstić information content (AvgIpc) is 3.61. The Morgan fingerprint density at radius 2 is 2.00 bits per heavy atom. The first kappa shape index (κ1) is 19.7. The number of carbonyl (C=O) groups excluding carboxylic acids is 1. The molecule has 3 aromatic rings. The molecule has 1 fully saturated rings. The lowest BCUT2D eigenvalue weighted by Gasteiger charge is -2.13. The van der Waals surface area contributed by atoms with E-state index in [2.05, 4.69) is 15.3 Å². The van der Waals surface area contributed by atoms with Gasteiger partial charge in [0.1, 0.15) is 17.9 Å². The van der Waals surface area contributed by atoms with Crippen LogP contribution in [-0.4, -0.2) is 28.6 Å². The predicted molar refractivity (Wildman–Crippen MR) is 113 cm³/mol. The van der Waals surface area contributed by atoms with Gasteiger partial charge in [-0.25, -0.2) is 14.4 Å². The molecule has 1 aliphatic carbocycles. The lowest BCUT2D eigenvalue weighted by Crippen LogP contribution is -2.08. The lowest BCUT2D eigenvalue weighted by molar-refractivity contribution is 0.112. The third kappa shape index (κ3) is 4.20. The molecule has 152 valence electrons. The van der Waals surface area contributed by atoms with E-state index in [0.717, 1.165) is 24.7 Å². The number of benzene rings is 2. The summed E-state index contributed by atoms with van der Waals surface area (Å²) >= 11 is 0. The van der Waals surface area contributed by atoms with E-state index < -0.39 is 0 Å². The summed E-state index contributed by atoms with van der Waals surface area (Å²) in [7, 11) is 0. The summed E-state index contributed by atoms with van der Waals surface area (Å²) in [6.07, 6.45) is 5.82. The van der Waals surface area contributed by atoms with Crippen LogP contribution in [0.3, 0.4) is 0 Å². The van der Waals surface area contributed by atoms with Crippen LogP contribution in [0.15, 0.2) is 48.8 Å². The Morgan fingerprint density at radius 3 is 2.67 bits per heavy atom. The summed E-state index contributed by atoms with van der Waals surface area (Å²) < 4.78 is 19.7. The zero-order valence-corrected chi connectivity index (χ0v) is 16.5. The lowest BCUT2D eigenvalue weighted by atomic mass is 10.0. The van der Waals surface area contributed by atoms with E-state index in [9.17, 15) is 9.18 Å². The van der Waals surface area contributed by atoms with Gasteiger partial charge in [0.05, 0.1) is 12.3 Å². The van der Waals surface area contributed by atoms with E-state index in [0.29, 0.717) is 46.4 Å². The maximum absolute atomic E-state index is 14.3. The van der Waals surface area contributed by atoms with Crippen LogP contribution in [0.4, 0.5) is 16.0 Å². The van der Waals surface area contributed by atoms with E-state index >= 15 is 0 Å². The molecular weight excluding hydrogens is 383 g/mol. The van der Waals surface area contributed by atoms with E-state index in [-0.39, 0.29) is 11.7 Å². The van der Waals surface area contributed by atoms with Gasteiger partial charge in [0, 0.05) is 46.3 Å². The first-order valence-corrected chi connectivity index (χ1v) is 9.79. The minimum atomic E-state index is -0.387. The maximum Gasteiger partial charge on any atom is 0.227 e. The smallest absolute Gasteiger partial charge is 0.227 e. The van der Waals surface area contributed by atoms with Crippen LogP contribution >= 0.6 is 0 Å². The first-order chi connectivity index (χ1) is 14.6. The number of carbonyl (C=O) groups is 1. The fraction of sp³-hybridized carbons (Fsp3) is 0.217. The SMILES string of the molecule is CCOc1ccc(F)c(-c2cnc(Nc3cc(C=O)ccc3C(=N)C3CC3)nc2)c1. The number of anilines is 2. The number of nitrogens with one attached hydrogen (secondary N) is 2. The number of aldehydes is 1. The van der Waals surface area contributed by atoms with E-state index in [1.807, 2.05) is 6.92 Å². The van der Waals surface area contributed by atoms with Crippen molar-refractivity contribution < 1.29 is 13.9 Å². The second-order valence-corrected chi connectivity index (χ2v) is 7.11. The zero-order chi connectivity index (χ0) is 21.1. The van der Waals surface area contributed by atoms with Gasteiger partial charge in [0.15, 0.2) is 0 Å². The monoisotopic (exact) mass is 404 g/mol. The fourth-order valence-electron chi connectivity index (χ4n) is 3.20. The van der Waals surface area contributed by atoms with Crippen molar-refractivity contribution in [2.75, 3.05) is 11.9 Å². The van der Waals surface area contributed by atoms with Gasteiger partial charge >= 0.3 is 0 Å². The molecule has 0 bridgehead atoms. The predicted octanol–water partition coefficient (Wildman–Crippen LogP) is 5.02. The minimum Gasteiger partial charge on any atom is -0.494 e. The van der Waals surface area contributed by atoms with Crippen LogP contribution in [0.5, 0.6) is 5.75 Å². The Hall–Kier alpha value is -3.61. The van der Waals surface area contributed by atoms with Crippen molar-refractivity contribution in [2.45, 2.75) is 19.8 Å². The molecule has 0 unspecified atom stereocenters. The number of hydrogen-bond donors (Lipinski definition) is 2. The molecular formula is C23H21FN4O2. The molecule has 1 heterocycles. The van der Waals surface area contributed by atoms with Crippen LogP contribution in [0.1, 0.15) is 35.7 Å². The van der Waals surface area contributed by atoms with Crippen molar-refractivity contribution in [3.8, 4) is 16.9 Å². The highest BCUT2D eigenvalue weighted by atomic mass is 19.1. The highest BCUT2D eigenvalue weighted by molar-refractivity contribution is 6.06. The molecule has 1 saturated carbocycles. The molecule has 0 saturated heterocycles. The van der Waals surface area contributed by atoms with Crippen molar-refractivity contribution in [3.05, 3.63) is 65.7 Å². The Labute approximate surface area is 173 Å². The molecule has 7 heteroatoms. The van der Waals surface area contributed by atoms with E-state index in [1.54, 1.807) is 30.3 Å². The zero-order valence-electron chi connectivity index (χ0n) is 16.5. The van der Waals surface area contributed by atoms with Gasteiger partial charge in [-0.2, -0.15) is 0 Å². The molecule has 1 aromatic heterocycles. The average molecular weight is 404 g/mol. The Kier molecular flexibility index (Phi) is 5.52. The summed E-state index contributed by atoms with van der Waals surface area (Å²) in [5, 5.41) is 11.5. The normalized spacial score (nSPS) is 13.0. The van der Waals surface area contributed by atoms with Crippen molar-refractivity contribution >= 4 is 23.6 Å². The largest absolute Gasteiger partial charge is 0.494 e. The molecule has 0 amide bonds. The molecule has 2 aromatic carbocycles. The van der Waals surface area contributed by atoms with Gasteiger partial charge < -0.3 is 15.5 Å². The molecule has 2 N–H and O–H groups in total. The second kappa shape index (κ2) is 8.41. The van der Waals surface area contributed by atoms with Crippen LogP contribution in [0.2, 0.25) is 0 Å². The van der Waals surface area contributed by atoms with Gasteiger partial charge in [-0.1, -0.05) is 12.1 Å². The van der Waals surface area contributed by atoms with Crippen molar-refractivity contribution in [1.82, 2.24) is 9.97 Å². The first-order valence-electron chi connectivity index (χ1n) is 9.79. The molecule has 6 nitrogen and oxygen atoms in total. The summed E-state index contributed by atoms with van der Waals surface area (Å²) in [6.45, 7) is 2.35. The Bertz CT molecular complexity index is 1090. The molecule has 0 spiro atoms. The van der Waals surface area contributed by atoms with Crippen molar-refractivity contribution in [1.29, 1.82) is 5.41 Å². The topological polar surface area (TPSA) is 88.0 Å². The van der Waals surface area contributed by atoms with Crippen LogP contribution in [-0.2, 0) is 0 Å². The van der Waals surface area contributed by atoms with Gasteiger partial charge in [-0.15, -0.1) is 0 Å². The molecule has 4 rings (SSSR count). The summed E-state index contributed by atoms with van der Waals surface area (Å²) in [6, 6.07) is 9.70. The van der Waals surface area contributed by atoms with E-state index in [1.165, 1.54) is 18.5 Å². The number of rotatable bonds is 8. The summed E-state index contributed by atoms with van der Waals surface area (Å²) in [5.74, 6) is 0.746. The summed E-state index contributed by atoms with van der Waals surface area (Å²) in [4.78, 5) is 19.8. The fourth-order valence-corrected chi connectivity index (χ4v) is 3.20. The van der Waals surface area contributed by atoms with Gasteiger partial charge in [0.25, 0.3) is 0 Å². The standard InChI is InChI=1S/C23H21FN4O2/c1-2-30-17-6-8-20(24)19(10-17)16-11-26-23(27-12-16)28-21-9-14(13-29)3-7-18(21)22(25)15-4-5-15/h3,6-13,15,25H,2,4-5H2,1H3,(H,26,27,28). The van der Waals surface area contributed by atoms with Crippen LogP contribution < -0.4 is 10.1 Å².